The second kappa shape index (κ2) is 5.35. The van der Waals surface area contributed by atoms with Crippen molar-refractivity contribution in [2.24, 2.45) is 5.92 Å². The van der Waals surface area contributed by atoms with Crippen LogP contribution in [0.3, 0.4) is 0 Å². The molecule has 0 saturated carbocycles. The molecule has 98 valence electrons. The van der Waals surface area contributed by atoms with Gasteiger partial charge in [-0.2, -0.15) is 0 Å². The molecule has 0 aliphatic carbocycles. The van der Waals surface area contributed by atoms with Gasteiger partial charge in [0.1, 0.15) is 5.82 Å². The van der Waals surface area contributed by atoms with Gasteiger partial charge in [0, 0.05) is 31.0 Å². The number of rotatable bonds is 2. The molecule has 0 unspecified atom stereocenters. The summed E-state index contributed by atoms with van der Waals surface area (Å²) in [5.41, 5.74) is 7.01. The SMILES string of the molecule is Cc1cc(C(=O)N2CCC(CO)CC2)cc(N)n1. The van der Waals surface area contributed by atoms with Crippen molar-refractivity contribution >= 4 is 11.7 Å². The molecule has 1 saturated heterocycles. The molecule has 3 N–H and O–H groups in total. The van der Waals surface area contributed by atoms with E-state index in [1.165, 1.54) is 0 Å². The van der Waals surface area contributed by atoms with Gasteiger partial charge in [0.15, 0.2) is 0 Å². The Morgan fingerprint density at radius 2 is 2.17 bits per heavy atom. The van der Waals surface area contributed by atoms with E-state index in [2.05, 4.69) is 4.98 Å². The van der Waals surface area contributed by atoms with Gasteiger partial charge in [-0.05, 0) is 37.8 Å². The summed E-state index contributed by atoms with van der Waals surface area (Å²) in [4.78, 5) is 18.2. The van der Waals surface area contributed by atoms with Crippen LogP contribution in [0.2, 0.25) is 0 Å². The minimum absolute atomic E-state index is 0.00332. The van der Waals surface area contributed by atoms with E-state index in [9.17, 15) is 4.79 Å². The Bertz CT molecular complexity index is 420. The number of carbonyl (C=O) groups is 1. The number of nitrogens with zero attached hydrogens (tertiary/aromatic N) is 2. The molecule has 5 nitrogen and oxygen atoms in total. The van der Waals surface area contributed by atoms with Crippen molar-refractivity contribution in [3.05, 3.63) is 23.4 Å². The molecule has 0 spiro atoms. The first-order valence-electron chi connectivity index (χ1n) is 6.24. The van der Waals surface area contributed by atoms with Gasteiger partial charge in [-0.25, -0.2) is 4.98 Å². The van der Waals surface area contributed by atoms with Gasteiger partial charge in [-0.3, -0.25) is 4.79 Å². The minimum atomic E-state index is 0.00332. The number of nitrogens with two attached hydrogens (primary N) is 1. The Balaban J connectivity index is 2.07. The zero-order valence-corrected chi connectivity index (χ0v) is 10.6. The van der Waals surface area contributed by atoms with Crippen LogP contribution in [0.25, 0.3) is 0 Å². The van der Waals surface area contributed by atoms with Crippen LogP contribution in [0.4, 0.5) is 5.82 Å². The van der Waals surface area contributed by atoms with Gasteiger partial charge >= 0.3 is 0 Å². The molecule has 1 aliphatic heterocycles. The van der Waals surface area contributed by atoms with Gasteiger partial charge < -0.3 is 15.7 Å². The summed E-state index contributed by atoms with van der Waals surface area (Å²) in [6.07, 6.45) is 1.73. The lowest BCUT2D eigenvalue weighted by Gasteiger charge is -2.31. The van der Waals surface area contributed by atoms with Crippen molar-refractivity contribution in [1.82, 2.24) is 9.88 Å². The summed E-state index contributed by atoms with van der Waals surface area (Å²) in [5.74, 6) is 0.713. The number of amides is 1. The molecule has 2 rings (SSSR count). The van der Waals surface area contributed by atoms with E-state index in [0.29, 0.717) is 30.4 Å². The molecular formula is C13H19N3O2. The quantitative estimate of drug-likeness (QED) is 0.813. The molecular weight excluding hydrogens is 230 g/mol. The average molecular weight is 249 g/mol. The Kier molecular flexibility index (Phi) is 3.81. The van der Waals surface area contributed by atoms with Crippen molar-refractivity contribution < 1.29 is 9.90 Å². The number of aliphatic hydroxyl groups is 1. The number of pyridine rings is 1. The fourth-order valence-corrected chi connectivity index (χ4v) is 2.32. The van der Waals surface area contributed by atoms with E-state index >= 15 is 0 Å². The number of carbonyl (C=O) groups excluding carboxylic acids is 1. The Hall–Kier alpha value is -1.62. The normalized spacial score (nSPS) is 16.9. The fourth-order valence-electron chi connectivity index (χ4n) is 2.32. The summed E-state index contributed by atoms with van der Waals surface area (Å²) in [5, 5.41) is 9.08. The fraction of sp³-hybridized carbons (Fsp3) is 0.538. The Morgan fingerprint density at radius 1 is 1.50 bits per heavy atom. The monoisotopic (exact) mass is 249 g/mol. The molecule has 1 aromatic heterocycles. The molecule has 1 aromatic rings. The average Bonchev–Trinajstić information content (AvgIpc) is 2.37. The number of aryl methyl sites for hydroxylation is 1. The topological polar surface area (TPSA) is 79.5 Å². The van der Waals surface area contributed by atoms with E-state index < -0.39 is 0 Å². The summed E-state index contributed by atoms with van der Waals surface area (Å²) in [6.45, 7) is 3.44. The first-order chi connectivity index (χ1) is 8.60. The molecule has 18 heavy (non-hydrogen) atoms. The number of nitrogen functional groups attached to an aromatic ring is 1. The summed E-state index contributed by atoms with van der Waals surface area (Å²) < 4.78 is 0. The summed E-state index contributed by atoms with van der Waals surface area (Å²) >= 11 is 0. The van der Waals surface area contributed by atoms with Crippen molar-refractivity contribution in [2.75, 3.05) is 25.4 Å². The smallest absolute Gasteiger partial charge is 0.254 e. The van der Waals surface area contributed by atoms with Crippen LogP contribution in [0.15, 0.2) is 12.1 Å². The number of anilines is 1. The van der Waals surface area contributed by atoms with Gasteiger partial charge in [-0.15, -0.1) is 0 Å². The van der Waals surface area contributed by atoms with E-state index in [4.69, 9.17) is 10.8 Å². The third kappa shape index (κ3) is 2.79. The number of hydrogen-bond acceptors (Lipinski definition) is 4. The molecule has 0 aromatic carbocycles. The highest BCUT2D eigenvalue weighted by Crippen LogP contribution is 2.19. The number of likely N-dealkylation sites (tertiary alicyclic amines) is 1. The van der Waals surface area contributed by atoms with E-state index in [0.717, 1.165) is 18.5 Å². The van der Waals surface area contributed by atoms with Gasteiger partial charge in [0.25, 0.3) is 5.91 Å². The summed E-state index contributed by atoms with van der Waals surface area (Å²) in [7, 11) is 0. The Labute approximate surface area is 107 Å². The number of aliphatic hydroxyl groups excluding tert-OH is 1. The lowest BCUT2D eigenvalue weighted by atomic mass is 9.97. The summed E-state index contributed by atoms with van der Waals surface area (Å²) in [6, 6.07) is 3.38. The molecule has 2 heterocycles. The second-order valence-corrected chi connectivity index (χ2v) is 4.84. The highest BCUT2D eigenvalue weighted by atomic mass is 16.3. The number of aromatic nitrogens is 1. The van der Waals surface area contributed by atoms with E-state index in [-0.39, 0.29) is 12.5 Å². The van der Waals surface area contributed by atoms with Crippen molar-refractivity contribution in [2.45, 2.75) is 19.8 Å². The first-order valence-corrected chi connectivity index (χ1v) is 6.24. The van der Waals surface area contributed by atoms with Gasteiger partial charge in [-0.1, -0.05) is 0 Å². The van der Waals surface area contributed by atoms with E-state index in [1.54, 1.807) is 12.1 Å². The molecule has 1 aliphatic rings. The highest BCUT2D eigenvalue weighted by Gasteiger charge is 2.23. The lowest BCUT2D eigenvalue weighted by Crippen LogP contribution is -2.39. The van der Waals surface area contributed by atoms with Crippen LogP contribution < -0.4 is 5.73 Å². The lowest BCUT2D eigenvalue weighted by molar-refractivity contribution is 0.0650. The van der Waals surface area contributed by atoms with Crippen LogP contribution in [0, 0.1) is 12.8 Å². The maximum atomic E-state index is 12.3. The predicted molar refractivity (Wildman–Crippen MR) is 69.1 cm³/mol. The first kappa shape index (κ1) is 12.8. The van der Waals surface area contributed by atoms with Gasteiger partial charge in [0.05, 0.1) is 0 Å². The second-order valence-electron chi connectivity index (χ2n) is 4.84. The molecule has 0 atom stereocenters. The molecule has 0 bridgehead atoms. The van der Waals surface area contributed by atoms with Gasteiger partial charge in [0.2, 0.25) is 0 Å². The third-order valence-electron chi connectivity index (χ3n) is 3.38. The Morgan fingerprint density at radius 3 is 2.72 bits per heavy atom. The van der Waals surface area contributed by atoms with Crippen LogP contribution in [-0.2, 0) is 0 Å². The molecule has 1 amide bonds. The maximum absolute atomic E-state index is 12.3. The van der Waals surface area contributed by atoms with Crippen molar-refractivity contribution in [3.8, 4) is 0 Å². The maximum Gasteiger partial charge on any atom is 0.254 e. The predicted octanol–water partition coefficient (Wildman–Crippen LogP) is 0.817. The van der Waals surface area contributed by atoms with Crippen LogP contribution >= 0.6 is 0 Å². The molecule has 0 radical (unpaired) electrons. The number of piperidine rings is 1. The largest absolute Gasteiger partial charge is 0.396 e. The molecule has 1 fully saturated rings. The van der Waals surface area contributed by atoms with Crippen molar-refractivity contribution in [3.63, 3.8) is 0 Å². The van der Waals surface area contributed by atoms with Crippen LogP contribution in [0.5, 0.6) is 0 Å². The van der Waals surface area contributed by atoms with Crippen LogP contribution in [-0.4, -0.2) is 40.6 Å². The minimum Gasteiger partial charge on any atom is -0.396 e. The van der Waals surface area contributed by atoms with Crippen molar-refractivity contribution in [1.29, 1.82) is 0 Å². The highest BCUT2D eigenvalue weighted by molar-refractivity contribution is 5.95. The zero-order valence-electron chi connectivity index (χ0n) is 10.6. The zero-order chi connectivity index (χ0) is 13.1. The third-order valence-corrected chi connectivity index (χ3v) is 3.38. The van der Waals surface area contributed by atoms with Crippen LogP contribution in [0.1, 0.15) is 28.9 Å². The van der Waals surface area contributed by atoms with E-state index in [1.807, 2.05) is 11.8 Å². The standard InChI is InChI=1S/C13H19N3O2/c1-9-6-11(7-12(14)15-9)13(18)16-4-2-10(8-17)3-5-16/h6-7,10,17H,2-5,8H2,1H3,(H2,14,15). The molecule has 5 heteroatoms. The number of hydrogen-bond donors (Lipinski definition) is 2.